The second kappa shape index (κ2) is 5.99. The molecule has 0 aromatic heterocycles. The highest BCUT2D eigenvalue weighted by Crippen LogP contribution is 2.33. The average Bonchev–Trinajstić information content (AvgIpc) is 2.80. The largest absolute Gasteiger partial charge is 0.312 e. The minimum Gasteiger partial charge on any atom is -0.312 e. The lowest BCUT2D eigenvalue weighted by Gasteiger charge is -2.18. The smallest absolute Gasteiger partial charge is 0.234 e. The molecular weight excluding hydrogens is 260 g/mol. The Morgan fingerprint density at radius 2 is 2.10 bits per heavy atom. The van der Waals surface area contributed by atoms with Gasteiger partial charge >= 0.3 is 0 Å². The molecule has 0 bridgehead atoms. The molecule has 1 unspecified atom stereocenters. The molecule has 106 valence electrons. The minimum absolute atomic E-state index is 0.147. The molecule has 1 heterocycles. The van der Waals surface area contributed by atoms with E-state index in [1.54, 1.807) is 4.90 Å². The van der Waals surface area contributed by atoms with E-state index in [4.69, 9.17) is 0 Å². The molecule has 20 heavy (non-hydrogen) atoms. The van der Waals surface area contributed by atoms with Gasteiger partial charge in [0, 0.05) is 17.8 Å². The molecule has 1 amide bonds. The summed E-state index contributed by atoms with van der Waals surface area (Å²) in [6, 6.07) is 3.25. The monoisotopic (exact) mass is 277 g/mol. The number of nitrogens with zero attached hydrogens (tertiary/aromatic N) is 1. The minimum atomic E-state index is -0.606. The summed E-state index contributed by atoms with van der Waals surface area (Å²) in [7, 11) is 0. The van der Waals surface area contributed by atoms with Gasteiger partial charge in [-0.05, 0) is 44.5 Å². The topological polar surface area (TPSA) is 20.3 Å². The molecule has 2 rings (SSSR count). The Morgan fingerprint density at radius 1 is 1.35 bits per heavy atom. The Bertz CT molecular complexity index is 578. The molecule has 0 spiro atoms. The summed E-state index contributed by atoms with van der Waals surface area (Å²) >= 11 is 0. The van der Waals surface area contributed by atoms with Crippen molar-refractivity contribution in [3.63, 3.8) is 0 Å². The van der Waals surface area contributed by atoms with E-state index in [1.807, 2.05) is 32.1 Å². The number of carbonyl (C=O) groups excluding carboxylic acids is 1. The van der Waals surface area contributed by atoms with E-state index in [-0.39, 0.29) is 11.5 Å². The van der Waals surface area contributed by atoms with Gasteiger partial charge in [-0.25, -0.2) is 8.78 Å². The number of hydrogen-bond donors (Lipinski definition) is 0. The third-order valence-corrected chi connectivity index (χ3v) is 3.48. The Hall–Kier alpha value is -1.97. The van der Waals surface area contributed by atoms with E-state index in [2.05, 4.69) is 0 Å². The maximum Gasteiger partial charge on any atom is 0.234 e. The van der Waals surface area contributed by atoms with Crippen LogP contribution in [-0.4, -0.2) is 17.4 Å². The van der Waals surface area contributed by atoms with Crippen LogP contribution in [0.2, 0.25) is 0 Å². The number of allylic oxidation sites excluding steroid dienone is 3. The number of amides is 1. The van der Waals surface area contributed by atoms with Crippen LogP contribution in [0.3, 0.4) is 0 Å². The van der Waals surface area contributed by atoms with Crippen LogP contribution in [0.15, 0.2) is 42.1 Å². The molecule has 1 aliphatic heterocycles. The highest BCUT2D eigenvalue weighted by atomic mass is 19.1. The van der Waals surface area contributed by atoms with Crippen LogP contribution in [0.25, 0.3) is 0 Å². The molecule has 0 aliphatic carbocycles. The zero-order valence-electron chi connectivity index (χ0n) is 11.6. The summed E-state index contributed by atoms with van der Waals surface area (Å²) in [5.74, 6) is -1.83. The number of halogens is 2. The van der Waals surface area contributed by atoms with E-state index in [9.17, 15) is 13.6 Å². The second-order valence-electron chi connectivity index (χ2n) is 4.71. The zero-order valence-corrected chi connectivity index (χ0v) is 11.6. The lowest BCUT2D eigenvalue weighted by molar-refractivity contribution is -0.127. The molecule has 4 heteroatoms. The number of hydrogen-bond acceptors (Lipinski definition) is 1. The lowest BCUT2D eigenvalue weighted by atomic mass is 9.97. The quantitative estimate of drug-likeness (QED) is 0.770. The third kappa shape index (κ3) is 2.64. The first kappa shape index (κ1) is 14.4. The second-order valence-corrected chi connectivity index (χ2v) is 4.71. The van der Waals surface area contributed by atoms with Crippen molar-refractivity contribution in [2.45, 2.75) is 26.2 Å². The molecular formula is C16H17F2NO. The van der Waals surface area contributed by atoms with E-state index in [0.717, 1.165) is 23.9 Å². The van der Waals surface area contributed by atoms with Crippen molar-refractivity contribution in [2.24, 2.45) is 0 Å². The Balaban J connectivity index is 2.30. The normalized spacial score (nSPS) is 20.2. The maximum atomic E-state index is 13.8. The van der Waals surface area contributed by atoms with Crippen LogP contribution in [0.4, 0.5) is 8.78 Å². The maximum absolute atomic E-state index is 13.8. The fraction of sp³-hybridized carbons (Fsp3) is 0.312. The Morgan fingerprint density at radius 3 is 2.75 bits per heavy atom. The van der Waals surface area contributed by atoms with Crippen LogP contribution in [0.1, 0.15) is 31.7 Å². The molecule has 1 aromatic carbocycles. The van der Waals surface area contributed by atoms with Gasteiger partial charge in [0.25, 0.3) is 0 Å². The first-order valence-electron chi connectivity index (χ1n) is 6.63. The summed E-state index contributed by atoms with van der Waals surface area (Å²) in [5, 5.41) is 0. The number of likely N-dealkylation sites (tertiary alicyclic amines) is 1. The molecule has 1 saturated heterocycles. The molecule has 1 aromatic rings. The summed E-state index contributed by atoms with van der Waals surface area (Å²) in [6.07, 6.45) is 6.01. The van der Waals surface area contributed by atoms with Crippen molar-refractivity contribution in [1.29, 1.82) is 0 Å². The Kier molecular flexibility index (Phi) is 4.32. The van der Waals surface area contributed by atoms with Crippen molar-refractivity contribution in [3.05, 3.63) is 59.3 Å². The van der Waals surface area contributed by atoms with E-state index >= 15 is 0 Å². The SMILES string of the molecule is CC=CC(=CC)N1CCC(c2cc(F)ccc2F)C1=O. The molecule has 2 nitrogen and oxygen atoms in total. The van der Waals surface area contributed by atoms with Gasteiger partial charge in [-0.15, -0.1) is 0 Å². The van der Waals surface area contributed by atoms with Gasteiger partial charge in [-0.2, -0.15) is 0 Å². The van der Waals surface area contributed by atoms with Crippen LogP contribution in [0, 0.1) is 11.6 Å². The average molecular weight is 277 g/mol. The fourth-order valence-corrected chi connectivity index (χ4v) is 2.52. The van der Waals surface area contributed by atoms with Gasteiger partial charge in [0.1, 0.15) is 11.6 Å². The van der Waals surface area contributed by atoms with Gasteiger partial charge in [-0.3, -0.25) is 4.79 Å². The molecule has 0 saturated carbocycles. The van der Waals surface area contributed by atoms with Gasteiger partial charge in [0.05, 0.1) is 5.92 Å². The van der Waals surface area contributed by atoms with Crippen molar-refractivity contribution in [2.75, 3.05) is 6.54 Å². The Labute approximate surface area is 117 Å². The molecule has 1 aliphatic rings. The predicted molar refractivity (Wildman–Crippen MR) is 74.0 cm³/mol. The first-order valence-corrected chi connectivity index (χ1v) is 6.63. The van der Waals surface area contributed by atoms with E-state index < -0.39 is 17.6 Å². The van der Waals surface area contributed by atoms with E-state index in [0.29, 0.717) is 13.0 Å². The predicted octanol–water partition coefficient (Wildman–Crippen LogP) is 3.76. The van der Waals surface area contributed by atoms with Gasteiger partial charge in [0.2, 0.25) is 5.91 Å². The number of rotatable bonds is 3. The molecule has 1 fully saturated rings. The van der Waals surface area contributed by atoms with Crippen LogP contribution in [-0.2, 0) is 4.79 Å². The fourth-order valence-electron chi connectivity index (χ4n) is 2.52. The van der Waals surface area contributed by atoms with Crippen LogP contribution >= 0.6 is 0 Å². The standard InChI is InChI=1S/C16H17F2NO/c1-3-5-12(4-2)19-9-8-13(16(19)20)14-10-11(17)6-7-15(14)18/h3-7,10,13H,8-9H2,1-2H3. The summed E-state index contributed by atoms with van der Waals surface area (Å²) in [6.45, 7) is 4.23. The summed E-state index contributed by atoms with van der Waals surface area (Å²) in [5.41, 5.74) is 0.935. The van der Waals surface area contributed by atoms with E-state index in [1.165, 1.54) is 0 Å². The molecule has 1 atom stereocenters. The van der Waals surface area contributed by atoms with Gasteiger partial charge < -0.3 is 4.90 Å². The van der Waals surface area contributed by atoms with Crippen molar-refractivity contribution in [3.8, 4) is 0 Å². The van der Waals surface area contributed by atoms with Crippen LogP contribution in [0.5, 0.6) is 0 Å². The van der Waals surface area contributed by atoms with Crippen LogP contribution < -0.4 is 0 Å². The first-order chi connectivity index (χ1) is 9.58. The number of carbonyl (C=O) groups is 1. The summed E-state index contributed by atoms with van der Waals surface area (Å²) < 4.78 is 27.0. The van der Waals surface area contributed by atoms with Crippen molar-refractivity contribution in [1.82, 2.24) is 4.90 Å². The molecule has 0 radical (unpaired) electrons. The zero-order chi connectivity index (χ0) is 14.7. The summed E-state index contributed by atoms with van der Waals surface area (Å²) in [4.78, 5) is 14.0. The highest BCUT2D eigenvalue weighted by Gasteiger charge is 2.35. The third-order valence-electron chi connectivity index (χ3n) is 3.48. The highest BCUT2D eigenvalue weighted by molar-refractivity contribution is 5.87. The number of benzene rings is 1. The molecule has 0 N–H and O–H groups in total. The van der Waals surface area contributed by atoms with Gasteiger partial charge in [-0.1, -0.05) is 12.2 Å². The lowest BCUT2D eigenvalue weighted by Crippen LogP contribution is -2.25. The van der Waals surface area contributed by atoms with Crippen molar-refractivity contribution < 1.29 is 13.6 Å². The van der Waals surface area contributed by atoms with Crippen molar-refractivity contribution >= 4 is 5.91 Å². The van der Waals surface area contributed by atoms with Gasteiger partial charge in [0.15, 0.2) is 0 Å².